The van der Waals surface area contributed by atoms with E-state index >= 15 is 0 Å². The average Bonchev–Trinajstić information content (AvgIpc) is 2.80. The van der Waals surface area contributed by atoms with Crippen LogP contribution in [0.5, 0.6) is 0 Å². The van der Waals surface area contributed by atoms with Gasteiger partial charge in [0.15, 0.2) is 0 Å². The monoisotopic (exact) mass is 194 g/mol. The van der Waals surface area contributed by atoms with Gasteiger partial charge in [0.1, 0.15) is 0 Å². The first-order valence-corrected chi connectivity index (χ1v) is 6.23. The van der Waals surface area contributed by atoms with E-state index in [1.54, 1.807) is 0 Å². The number of likely N-dealkylation sites (tertiary alicyclic amines) is 1. The number of nitrogens with zero attached hydrogens (tertiary/aromatic N) is 1. The smallest absolute Gasteiger partial charge is 0.0236 e. The van der Waals surface area contributed by atoms with Crippen molar-refractivity contribution in [2.75, 3.05) is 19.6 Å². The van der Waals surface area contributed by atoms with E-state index in [9.17, 15) is 0 Å². The first-order valence-electron chi connectivity index (χ1n) is 6.23. The molecule has 1 saturated carbocycles. The van der Waals surface area contributed by atoms with Crippen LogP contribution in [0, 0.1) is 5.41 Å². The summed E-state index contributed by atoms with van der Waals surface area (Å²) in [6, 6.07) is 1.70. The van der Waals surface area contributed by atoms with E-state index in [1.807, 2.05) is 0 Å². The molecule has 2 aliphatic heterocycles. The minimum absolute atomic E-state index is 0.657. The lowest BCUT2D eigenvalue weighted by Crippen LogP contribution is -2.47. The van der Waals surface area contributed by atoms with Crippen molar-refractivity contribution in [1.29, 1.82) is 0 Å². The highest BCUT2D eigenvalue weighted by molar-refractivity contribution is 4.99. The highest BCUT2D eigenvalue weighted by Crippen LogP contribution is 2.40. The molecule has 0 radical (unpaired) electrons. The molecule has 2 heteroatoms. The quantitative estimate of drug-likeness (QED) is 0.718. The van der Waals surface area contributed by atoms with Crippen molar-refractivity contribution in [2.45, 2.75) is 51.1 Å². The Bertz CT molecular complexity index is 220. The van der Waals surface area contributed by atoms with Crippen LogP contribution in [-0.4, -0.2) is 36.6 Å². The van der Waals surface area contributed by atoms with Gasteiger partial charge in [-0.25, -0.2) is 0 Å². The Morgan fingerprint density at radius 1 is 1.36 bits per heavy atom. The summed E-state index contributed by atoms with van der Waals surface area (Å²) >= 11 is 0. The Kier molecular flexibility index (Phi) is 2.10. The standard InChI is InChI=1S/C12H22N2/c1-12(4-2-3-5-12)9-14-8-10-6-11(14)7-13-10/h10-11,13H,2-9H2,1H3. The van der Waals surface area contributed by atoms with Crippen LogP contribution < -0.4 is 5.32 Å². The fourth-order valence-electron chi connectivity index (χ4n) is 3.72. The highest BCUT2D eigenvalue weighted by Gasteiger charge is 2.41. The van der Waals surface area contributed by atoms with Crippen molar-refractivity contribution >= 4 is 0 Å². The lowest BCUT2D eigenvalue weighted by molar-refractivity contribution is 0.141. The number of rotatable bonds is 2. The van der Waals surface area contributed by atoms with Gasteiger partial charge < -0.3 is 5.32 Å². The summed E-state index contributed by atoms with van der Waals surface area (Å²) in [5.74, 6) is 0. The van der Waals surface area contributed by atoms with Crippen molar-refractivity contribution in [2.24, 2.45) is 5.41 Å². The molecule has 3 aliphatic rings. The fourth-order valence-corrected chi connectivity index (χ4v) is 3.72. The Hall–Kier alpha value is -0.0800. The number of nitrogens with one attached hydrogen (secondary N) is 1. The Morgan fingerprint density at radius 2 is 2.14 bits per heavy atom. The van der Waals surface area contributed by atoms with Gasteiger partial charge >= 0.3 is 0 Å². The third-order valence-corrected chi connectivity index (χ3v) is 4.57. The predicted octanol–water partition coefficient (Wildman–Crippen LogP) is 1.61. The molecule has 14 heavy (non-hydrogen) atoms. The van der Waals surface area contributed by atoms with Crippen LogP contribution in [0.2, 0.25) is 0 Å². The summed E-state index contributed by atoms with van der Waals surface area (Å²) in [5, 5.41) is 3.58. The van der Waals surface area contributed by atoms with E-state index in [0.717, 1.165) is 12.1 Å². The Labute approximate surface area is 87.0 Å². The molecule has 3 rings (SSSR count). The third kappa shape index (κ3) is 1.49. The molecule has 2 nitrogen and oxygen atoms in total. The molecule has 3 fully saturated rings. The largest absolute Gasteiger partial charge is 0.311 e. The molecule has 2 bridgehead atoms. The molecule has 0 aromatic rings. The summed E-state index contributed by atoms with van der Waals surface area (Å²) in [7, 11) is 0. The van der Waals surface area contributed by atoms with Crippen LogP contribution in [0.25, 0.3) is 0 Å². The second kappa shape index (κ2) is 3.21. The van der Waals surface area contributed by atoms with Gasteiger partial charge in [-0.15, -0.1) is 0 Å². The predicted molar refractivity (Wildman–Crippen MR) is 58.3 cm³/mol. The zero-order chi connectivity index (χ0) is 9.60. The summed E-state index contributed by atoms with van der Waals surface area (Å²) in [4.78, 5) is 2.76. The van der Waals surface area contributed by atoms with Crippen LogP contribution in [0.4, 0.5) is 0 Å². The summed E-state index contributed by atoms with van der Waals surface area (Å²) in [6.45, 7) is 6.44. The van der Waals surface area contributed by atoms with Gasteiger partial charge in [-0.1, -0.05) is 19.8 Å². The van der Waals surface area contributed by atoms with Gasteiger partial charge in [-0.2, -0.15) is 0 Å². The van der Waals surface area contributed by atoms with Crippen molar-refractivity contribution in [3.63, 3.8) is 0 Å². The van der Waals surface area contributed by atoms with Crippen LogP contribution >= 0.6 is 0 Å². The summed E-state index contributed by atoms with van der Waals surface area (Å²) in [5.41, 5.74) is 0.657. The Balaban J connectivity index is 1.62. The first-order chi connectivity index (χ1) is 6.75. The van der Waals surface area contributed by atoms with Gasteiger partial charge in [0, 0.05) is 31.7 Å². The molecule has 2 atom stereocenters. The maximum atomic E-state index is 3.58. The molecule has 1 aliphatic carbocycles. The number of fused-ring (bicyclic) bond motifs is 2. The molecule has 0 aromatic carbocycles. The normalized spacial score (nSPS) is 40.9. The van der Waals surface area contributed by atoms with Crippen molar-refractivity contribution < 1.29 is 0 Å². The second-order valence-electron chi connectivity index (χ2n) is 5.94. The van der Waals surface area contributed by atoms with Crippen LogP contribution in [0.1, 0.15) is 39.0 Å². The topological polar surface area (TPSA) is 15.3 Å². The van der Waals surface area contributed by atoms with Crippen LogP contribution in [-0.2, 0) is 0 Å². The van der Waals surface area contributed by atoms with Crippen molar-refractivity contribution in [1.82, 2.24) is 10.2 Å². The van der Waals surface area contributed by atoms with E-state index in [-0.39, 0.29) is 0 Å². The number of hydrogen-bond acceptors (Lipinski definition) is 2. The first kappa shape index (κ1) is 9.17. The van der Waals surface area contributed by atoms with E-state index in [1.165, 1.54) is 51.7 Å². The average molecular weight is 194 g/mol. The number of hydrogen-bond donors (Lipinski definition) is 1. The molecule has 80 valence electrons. The molecular weight excluding hydrogens is 172 g/mol. The van der Waals surface area contributed by atoms with Gasteiger partial charge in [-0.05, 0) is 24.7 Å². The molecule has 0 aromatic heterocycles. The lowest BCUT2D eigenvalue weighted by Gasteiger charge is -2.35. The molecule has 2 unspecified atom stereocenters. The van der Waals surface area contributed by atoms with E-state index in [2.05, 4.69) is 17.1 Å². The maximum absolute atomic E-state index is 3.58. The third-order valence-electron chi connectivity index (χ3n) is 4.57. The van der Waals surface area contributed by atoms with Crippen LogP contribution in [0.15, 0.2) is 0 Å². The fraction of sp³-hybridized carbons (Fsp3) is 1.00. The minimum Gasteiger partial charge on any atom is -0.311 e. The van der Waals surface area contributed by atoms with E-state index in [0.29, 0.717) is 5.41 Å². The lowest BCUT2D eigenvalue weighted by atomic mass is 9.88. The van der Waals surface area contributed by atoms with E-state index < -0.39 is 0 Å². The molecule has 2 saturated heterocycles. The van der Waals surface area contributed by atoms with Gasteiger partial charge in [0.05, 0.1) is 0 Å². The van der Waals surface area contributed by atoms with Crippen LogP contribution in [0.3, 0.4) is 0 Å². The van der Waals surface area contributed by atoms with Crippen molar-refractivity contribution in [3.8, 4) is 0 Å². The molecule has 0 spiro atoms. The zero-order valence-electron chi connectivity index (χ0n) is 9.26. The SMILES string of the molecule is CC1(CN2CC3CC2CN3)CCCC1. The minimum atomic E-state index is 0.657. The molecular formula is C12H22N2. The molecule has 2 heterocycles. The maximum Gasteiger partial charge on any atom is 0.0236 e. The number of piperazine rings is 1. The van der Waals surface area contributed by atoms with Crippen molar-refractivity contribution in [3.05, 3.63) is 0 Å². The highest BCUT2D eigenvalue weighted by atomic mass is 15.3. The van der Waals surface area contributed by atoms with Gasteiger partial charge in [0.2, 0.25) is 0 Å². The van der Waals surface area contributed by atoms with E-state index in [4.69, 9.17) is 0 Å². The van der Waals surface area contributed by atoms with Gasteiger partial charge in [-0.3, -0.25) is 4.90 Å². The summed E-state index contributed by atoms with van der Waals surface area (Å²) in [6.07, 6.45) is 7.28. The zero-order valence-corrected chi connectivity index (χ0v) is 9.26. The molecule has 0 amide bonds. The second-order valence-corrected chi connectivity index (χ2v) is 5.94. The Morgan fingerprint density at radius 3 is 2.71 bits per heavy atom. The summed E-state index contributed by atoms with van der Waals surface area (Å²) < 4.78 is 0. The molecule has 1 N–H and O–H groups in total. The van der Waals surface area contributed by atoms with Gasteiger partial charge in [0.25, 0.3) is 0 Å².